The summed E-state index contributed by atoms with van der Waals surface area (Å²) in [6, 6.07) is 0. The van der Waals surface area contributed by atoms with Gasteiger partial charge in [0, 0.05) is 0 Å². The van der Waals surface area contributed by atoms with Crippen LogP contribution in [0.25, 0.3) is 0 Å². The van der Waals surface area contributed by atoms with Crippen molar-refractivity contribution in [3.8, 4) is 0 Å². The van der Waals surface area contributed by atoms with Crippen LogP contribution < -0.4 is 0 Å². The lowest BCUT2D eigenvalue weighted by Gasteiger charge is -2.26. The Labute approximate surface area is 102 Å². The summed E-state index contributed by atoms with van der Waals surface area (Å²) < 4.78 is 0. The van der Waals surface area contributed by atoms with Gasteiger partial charge >= 0.3 is 0 Å². The molecule has 0 radical (unpaired) electrons. The standard InChI is InChI=1S/C16H30/c1-2-4-7-11-15(10-6-3-1)14-16-12-8-5-9-13-16/h15-16H,1-14H2. The van der Waals surface area contributed by atoms with E-state index in [1.54, 1.807) is 32.1 Å². The Bertz CT molecular complexity index is 157. The molecule has 94 valence electrons. The van der Waals surface area contributed by atoms with Crippen molar-refractivity contribution in [2.45, 2.75) is 89.9 Å². The molecule has 0 aromatic carbocycles. The summed E-state index contributed by atoms with van der Waals surface area (Å²) in [5, 5.41) is 0. The van der Waals surface area contributed by atoms with E-state index in [4.69, 9.17) is 0 Å². The second-order valence-corrected chi connectivity index (χ2v) is 6.30. The van der Waals surface area contributed by atoms with Crippen molar-refractivity contribution in [3.05, 3.63) is 0 Å². The van der Waals surface area contributed by atoms with Crippen LogP contribution in [0.2, 0.25) is 0 Å². The molecule has 0 aromatic rings. The Hall–Kier alpha value is 0. The summed E-state index contributed by atoms with van der Waals surface area (Å²) in [6.45, 7) is 0. The minimum absolute atomic E-state index is 1.10. The van der Waals surface area contributed by atoms with E-state index >= 15 is 0 Å². The van der Waals surface area contributed by atoms with Crippen molar-refractivity contribution in [3.63, 3.8) is 0 Å². The fraction of sp³-hybridized carbons (Fsp3) is 1.00. The first-order valence-electron chi connectivity index (χ1n) is 7.95. The van der Waals surface area contributed by atoms with E-state index in [9.17, 15) is 0 Å². The van der Waals surface area contributed by atoms with Gasteiger partial charge in [0.1, 0.15) is 0 Å². The van der Waals surface area contributed by atoms with Crippen molar-refractivity contribution in [2.75, 3.05) is 0 Å². The monoisotopic (exact) mass is 222 g/mol. The van der Waals surface area contributed by atoms with Crippen LogP contribution in [0.1, 0.15) is 89.9 Å². The van der Waals surface area contributed by atoms with Gasteiger partial charge in [0.15, 0.2) is 0 Å². The van der Waals surface area contributed by atoms with Crippen molar-refractivity contribution in [1.82, 2.24) is 0 Å². The topological polar surface area (TPSA) is 0 Å². The van der Waals surface area contributed by atoms with E-state index in [2.05, 4.69) is 0 Å². The van der Waals surface area contributed by atoms with Gasteiger partial charge in [-0.15, -0.1) is 0 Å². The van der Waals surface area contributed by atoms with E-state index in [1.807, 2.05) is 0 Å². The van der Waals surface area contributed by atoms with Crippen molar-refractivity contribution in [2.24, 2.45) is 11.8 Å². The normalized spacial score (nSPS) is 27.0. The first-order chi connectivity index (χ1) is 7.95. The quantitative estimate of drug-likeness (QED) is 0.561. The van der Waals surface area contributed by atoms with Gasteiger partial charge in [0.05, 0.1) is 0 Å². The zero-order valence-electron chi connectivity index (χ0n) is 11.1. The molecule has 0 atom stereocenters. The smallest absolute Gasteiger partial charge is 0.0412 e. The molecule has 0 saturated heterocycles. The van der Waals surface area contributed by atoms with E-state index in [-0.39, 0.29) is 0 Å². The van der Waals surface area contributed by atoms with Crippen LogP contribution in [0.15, 0.2) is 0 Å². The summed E-state index contributed by atoms with van der Waals surface area (Å²) in [4.78, 5) is 0. The van der Waals surface area contributed by atoms with Gasteiger partial charge in [-0.25, -0.2) is 0 Å². The lowest BCUT2D eigenvalue weighted by molar-refractivity contribution is 0.265. The Morgan fingerprint density at radius 1 is 0.438 bits per heavy atom. The highest BCUT2D eigenvalue weighted by atomic mass is 14.2. The number of hydrogen-bond acceptors (Lipinski definition) is 0. The molecule has 2 fully saturated rings. The Kier molecular flexibility index (Phi) is 5.72. The Morgan fingerprint density at radius 3 is 1.19 bits per heavy atom. The third kappa shape index (κ3) is 4.47. The van der Waals surface area contributed by atoms with Gasteiger partial charge in [0.2, 0.25) is 0 Å². The third-order valence-electron chi connectivity index (χ3n) is 4.87. The molecule has 2 aliphatic rings. The van der Waals surface area contributed by atoms with Crippen LogP contribution >= 0.6 is 0 Å². The summed E-state index contributed by atoms with van der Waals surface area (Å²) >= 11 is 0. The molecule has 2 rings (SSSR count). The number of rotatable bonds is 2. The van der Waals surface area contributed by atoms with Crippen LogP contribution in [0.3, 0.4) is 0 Å². The van der Waals surface area contributed by atoms with Crippen LogP contribution in [0.4, 0.5) is 0 Å². The molecule has 0 spiro atoms. The number of hydrogen-bond donors (Lipinski definition) is 0. The van der Waals surface area contributed by atoms with Gasteiger partial charge in [-0.2, -0.15) is 0 Å². The van der Waals surface area contributed by atoms with Crippen LogP contribution in [0, 0.1) is 11.8 Å². The van der Waals surface area contributed by atoms with Crippen LogP contribution in [-0.4, -0.2) is 0 Å². The lowest BCUT2D eigenvalue weighted by atomic mass is 9.80. The fourth-order valence-corrected chi connectivity index (χ4v) is 3.85. The molecule has 2 aliphatic carbocycles. The summed E-state index contributed by atoms with van der Waals surface area (Å²) in [5.41, 5.74) is 0. The molecule has 0 aliphatic heterocycles. The molecular formula is C16H30. The highest BCUT2D eigenvalue weighted by molar-refractivity contribution is 4.71. The molecule has 0 amide bonds. The zero-order chi connectivity index (χ0) is 11.1. The van der Waals surface area contributed by atoms with E-state index in [1.165, 1.54) is 57.8 Å². The average Bonchev–Trinajstić information content (AvgIpc) is 2.45. The van der Waals surface area contributed by atoms with Crippen molar-refractivity contribution < 1.29 is 0 Å². The highest BCUT2D eigenvalue weighted by Crippen LogP contribution is 2.33. The maximum atomic E-state index is 1.58. The zero-order valence-corrected chi connectivity index (χ0v) is 11.1. The molecule has 2 saturated carbocycles. The molecule has 0 unspecified atom stereocenters. The average molecular weight is 222 g/mol. The third-order valence-corrected chi connectivity index (χ3v) is 4.87. The molecular weight excluding hydrogens is 192 g/mol. The second-order valence-electron chi connectivity index (χ2n) is 6.30. The van der Waals surface area contributed by atoms with Crippen molar-refractivity contribution in [1.29, 1.82) is 0 Å². The maximum absolute atomic E-state index is 1.58. The van der Waals surface area contributed by atoms with Crippen LogP contribution in [0.5, 0.6) is 0 Å². The second kappa shape index (κ2) is 7.35. The van der Waals surface area contributed by atoms with E-state index in [0.717, 1.165) is 11.8 Å². The summed E-state index contributed by atoms with van der Waals surface area (Å²) in [7, 11) is 0. The highest BCUT2D eigenvalue weighted by Gasteiger charge is 2.19. The predicted octanol–water partition coefficient (Wildman–Crippen LogP) is 5.71. The predicted molar refractivity (Wildman–Crippen MR) is 71.6 cm³/mol. The molecule has 0 aromatic heterocycles. The SMILES string of the molecule is C1CCCCC(CC2CCCCC2)CCC1. The Balaban J connectivity index is 1.71. The Morgan fingerprint density at radius 2 is 0.750 bits per heavy atom. The molecule has 0 nitrogen and oxygen atoms in total. The summed E-state index contributed by atoms with van der Waals surface area (Å²) in [6.07, 6.45) is 21.5. The van der Waals surface area contributed by atoms with Crippen LogP contribution in [-0.2, 0) is 0 Å². The van der Waals surface area contributed by atoms with Gasteiger partial charge in [0.25, 0.3) is 0 Å². The summed E-state index contributed by atoms with van der Waals surface area (Å²) in [5.74, 6) is 2.21. The first-order valence-corrected chi connectivity index (χ1v) is 7.95. The van der Waals surface area contributed by atoms with Gasteiger partial charge in [-0.05, 0) is 18.3 Å². The van der Waals surface area contributed by atoms with E-state index < -0.39 is 0 Å². The molecule has 16 heavy (non-hydrogen) atoms. The lowest BCUT2D eigenvalue weighted by Crippen LogP contribution is -2.12. The van der Waals surface area contributed by atoms with Crippen molar-refractivity contribution >= 4 is 0 Å². The molecule has 0 N–H and O–H groups in total. The fourth-order valence-electron chi connectivity index (χ4n) is 3.85. The van der Waals surface area contributed by atoms with E-state index in [0.29, 0.717) is 0 Å². The molecule has 0 heteroatoms. The largest absolute Gasteiger partial charge is 0.0533 e. The molecule has 0 bridgehead atoms. The first kappa shape index (κ1) is 12.5. The van der Waals surface area contributed by atoms with Gasteiger partial charge in [-0.1, -0.05) is 83.5 Å². The molecule has 0 heterocycles. The minimum Gasteiger partial charge on any atom is -0.0533 e. The van der Waals surface area contributed by atoms with Gasteiger partial charge < -0.3 is 0 Å². The maximum Gasteiger partial charge on any atom is -0.0412 e. The van der Waals surface area contributed by atoms with Gasteiger partial charge in [-0.3, -0.25) is 0 Å². The minimum atomic E-state index is 1.10.